The number of carbonyl (C=O) groups excluding carboxylic acids is 1. The van der Waals surface area contributed by atoms with Crippen LogP contribution in [-0.2, 0) is 22.9 Å². The van der Waals surface area contributed by atoms with Crippen LogP contribution in [0, 0.1) is 0 Å². The lowest BCUT2D eigenvalue weighted by atomic mass is 10.1. The van der Waals surface area contributed by atoms with Crippen molar-refractivity contribution in [3.63, 3.8) is 0 Å². The molecule has 0 saturated heterocycles. The Morgan fingerprint density at radius 2 is 1.97 bits per heavy atom. The zero-order chi connectivity index (χ0) is 21.5. The standard InChI is InChI=1S/C22H29N3O4S/c1-4-30(27,28)18-9-10-21(29-15(2)3)19(11-18)22(26)24-12-16-13-25(23-20(16)14-24)17-7-5-6-8-17/h9-11,13,15,17H,4-8,12,14H2,1-3H3. The van der Waals surface area contributed by atoms with Gasteiger partial charge in [0.1, 0.15) is 5.75 Å². The number of hydrogen-bond donors (Lipinski definition) is 0. The van der Waals surface area contributed by atoms with Crippen LogP contribution >= 0.6 is 0 Å². The molecule has 0 unspecified atom stereocenters. The summed E-state index contributed by atoms with van der Waals surface area (Å²) in [6.07, 6.45) is 6.76. The molecule has 2 aliphatic rings. The van der Waals surface area contributed by atoms with Crippen molar-refractivity contribution in [2.24, 2.45) is 0 Å². The van der Waals surface area contributed by atoms with Crippen molar-refractivity contribution in [3.8, 4) is 5.75 Å². The van der Waals surface area contributed by atoms with Gasteiger partial charge in [0.2, 0.25) is 0 Å². The molecule has 1 aliphatic heterocycles. The summed E-state index contributed by atoms with van der Waals surface area (Å²) in [5, 5.41) is 4.74. The summed E-state index contributed by atoms with van der Waals surface area (Å²) in [4.78, 5) is 15.2. The second-order valence-electron chi connectivity index (χ2n) is 8.41. The third kappa shape index (κ3) is 3.97. The average molecular weight is 432 g/mol. The predicted octanol–water partition coefficient (Wildman–Crippen LogP) is 3.74. The van der Waals surface area contributed by atoms with E-state index in [-0.39, 0.29) is 28.2 Å². The molecule has 8 heteroatoms. The van der Waals surface area contributed by atoms with E-state index in [2.05, 4.69) is 10.9 Å². The molecular formula is C22H29N3O4S. The van der Waals surface area contributed by atoms with Gasteiger partial charge in [0.05, 0.1) is 40.6 Å². The van der Waals surface area contributed by atoms with Crippen LogP contribution in [0.4, 0.5) is 0 Å². The molecule has 0 atom stereocenters. The molecule has 1 fully saturated rings. The summed E-state index contributed by atoms with van der Waals surface area (Å²) >= 11 is 0. The average Bonchev–Trinajstić information content (AvgIpc) is 3.43. The zero-order valence-corrected chi connectivity index (χ0v) is 18.6. The van der Waals surface area contributed by atoms with Crippen molar-refractivity contribution in [2.45, 2.75) is 76.6 Å². The Balaban J connectivity index is 1.59. The first-order chi connectivity index (χ1) is 14.3. The van der Waals surface area contributed by atoms with Gasteiger partial charge in [0.15, 0.2) is 9.84 Å². The van der Waals surface area contributed by atoms with Gasteiger partial charge >= 0.3 is 0 Å². The van der Waals surface area contributed by atoms with E-state index in [0.717, 1.165) is 24.1 Å². The Morgan fingerprint density at radius 3 is 2.60 bits per heavy atom. The Morgan fingerprint density at radius 1 is 1.23 bits per heavy atom. The van der Waals surface area contributed by atoms with Crippen LogP contribution in [0.3, 0.4) is 0 Å². The van der Waals surface area contributed by atoms with E-state index in [1.54, 1.807) is 17.9 Å². The van der Waals surface area contributed by atoms with Gasteiger partial charge in [-0.1, -0.05) is 19.8 Å². The quantitative estimate of drug-likeness (QED) is 0.696. The van der Waals surface area contributed by atoms with Crippen LogP contribution in [0.1, 0.15) is 74.1 Å². The predicted molar refractivity (Wildman–Crippen MR) is 113 cm³/mol. The minimum Gasteiger partial charge on any atom is -0.490 e. The minimum atomic E-state index is -3.42. The fraction of sp³-hybridized carbons (Fsp3) is 0.545. The number of ether oxygens (including phenoxy) is 1. The molecule has 162 valence electrons. The van der Waals surface area contributed by atoms with E-state index in [4.69, 9.17) is 9.84 Å². The molecule has 30 heavy (non-hydrogen) atoms. The number of nitrogens with zero attached hydrogens (tertiary/aromatic N) is 3. The molecule has 1 aromatic carbocycles. The monoisotopic (exact) mass is 431 g/mol. The molecule has 2 aromatic rings. The van der Waals surface area contributed by atoms with Crippen LogP contribution in [0.5, 0.6) is 5.75 Å². The Hall–Kier alpha value is -2.35. The molecule has 7 nitrogen and oxygen atoms in total. The van der Waals surface area contributed by atoms with Gasteiger partial charge in [-0.15, -0.1) is 0 Å². The van der Waals surface area contributed by atoms with Gasteiger partial charge in [0, 0.05) is 18.3 Å². The lowest BCUT2D eigenvalue weighted by Crippen LogP contribution is -2.27. The maximum Gasteiger partial charge on any atom is 0.258 e. The summed E-state index contributed by atoms with van der Waals surface area (Å²) in [6.45, 7) is 6.26. The van der Waals surface area contributed by atoms with Crippen LogP contribution in [0.15, 0.2) is 29.3 Å². The Kier molecular flexibility index (Phi) is 5.61. The number of aromatic nitrogens is 2. The molecule has 1 amide bonds. The van der Waals surface area contributed by atoms with E-state index in [9.17, 15) is 13.2 Å². The van der Waals surface area contributed by atoms with Crippen LogP contribution in [0.2, 0.25) is 0 Å². The van der Waals surface area contributed by atoms with E-state index < -0.39 is 9.84 Å². The van der Waals surface area contributed by atoms with Gasteiger partial charge in [-0.25, -0.2) is 8.42 Å². The number of carbonyl (C=O) groups is 1. The zero-order valence-electron chi connectivity index (χ0n) is 17.8. The number of rotatable bonds is 6. The maximum atomic E-state index is 13.3. The number of fused-ring (bicyclic) bond motifs is 1. The van der Waals surface area contributed by atoms with Gasteiger partial charge in [-0.3, -0.25) is 9.48 Å². The maximum absolute atomic E-state index is 13.3. The first-order valence-corrected chi connectivity index (χ1v) is 12.3. The van der Waals surface area contributed by atoms with E-state index in [0.29, 0.717) is 24.9 Å². The summed E-state index contributed by atoms with van der Waals surface area (Å²) in [5.41, 5.74) is 2.28. The summed E-state index contributed by atoms with van der Waals surface area (Å²) in [5.74, 6) is 0.157. The molecule has 1 aliphatic carbocycles. The van der Waals surface area contributed by atoms with E-state index >= 15 is 0 Å². The van der Waals surface area contributed by atoms with Gasteiger partial charge in [-0.2, -0.15) is 5.10 Å². The molecule has 0 bridgehead atoms. The van der Waals surface area contributed by atoms with Gasteiger partial charge in [0.25, 0.3) is 5.91 Å². The Labute approximate surface area is 177 Å². The highest BCUT2D eigenvalue weighted by Crippen LogP contribution is 2.33. The fourth-order valence-corrected chi connectivity index (χ4v) is 5.14. The molecule has 0 N–H and O–H groups in total. The van der Waals surface area contributed by atoms with Crippen LogP contribution in [0.25, 0.3) is 0 Å². The number of hydrogen-bond acceptors (Lipinski definition) is 5. The first-order valence-electron chi connectivity index (χ1n) is 10.7. The third-order valence-electron chi connectivity index (χ3n) is 5.87. The number of benzene rings is 1. The highest BCUT2D eigenvalue weighted by molar-refractivity contribution is 7.91. The topological polar surface area (TPSA) is 81.5 Å². The smallest absolute Gasteiger partial charge is 0.258 e. The second kappa shape index (κ2) is 8.06. The minimum absolute atomic E-state index is 0.0184. The number of amides is 1. The van der Waals surface area contributed by atoms with Gasteiger partial charge in [-0.05, 0) is 44.9 Å². The van der Waals surface area contributed by atoms with Crippen molar-refractivity contribution in [2.75, 3.05) is 5.75 Å². The van der Waals surface area contributed by atoms with Crippen molar-refractivity contribution in [3.05, 3.63) is 41.2 Å². The lowest BCUT2D eigenvalue weighted by Gasteiger charge is -2.20. The SMILES string of the molecule is CCS(=O)(=O)c1ccc(OC(C)C)c(C(=O)N2Cc3cn(C4CCCC4)nc3C2)c1. The molecule has 4 rings (SSSR count). The van der Waals surface area contributed by atoms with Crippen LogP contribution < -0.4 is 4.74 Å². The van der Waals surface area contributed by atoms with Crippen LogP contribution in [-0.4, -0.2) is 40.9 Å². The largest absolute Gasteiger partial charge is 0.490 e. The molecule has 0 radical (unpaired) electrons. The fourth-order valence-electron chi connectivity index (χ4n) is 4.24. The van der Waals surface area contributed by atoms with Crippen molar-refractivity contribution >= 4 is 15.7 Å². The number of sulfone groups is 1. The molecule has 0 spiro atoms. The summed E-state index contributed by atoms with van der Waals surface area (Å²) in [7, 11) is -3.42. The lowest BCUT2D eigenvalue weighted by molar-refractivity contribution is 0.0742. The van der Waals surface area contributed by atoms with Crippen molar-refractivity contribution in [1.29, 1.82) is 0 Å². The highest BCUT2D eigenvalue weighted by Gasteiger charge is 2.31. The van der Waals surface area contributed by atoms with E-state index in [1.165, 1.54) is 25.0 Å². The van der Waals surface area contributed by atoms with E-state index in [1.807, 2.05) is 13.8 Å². The highest BCUT2D eigenvalue weighted by atomic mass is 32.2. The summed E-state index contributed by atoms with van der Waals surface area (Å²) < 4.78 is 32.6. The second-order valence-corrected chi connectivity index (χ2v) is 10.7. The Bertz CT molecular complexity index is 1030. The third-order valence-corrected chi connectivity index (χ3v) is 7.60. The normalized spacial score (nSPS) is 17.0. The molecular weight excluding hydrogens is 402 g/mol. The van der Waals surface area contributed by atoms with Crippen molar-refractivity contribution < 1.29 is 17.9 Å². The van der Waals surface area contributed by atoms with Gasteiger partial charge < -0.3 is 9.64 Å². The van der Waals surface area contributed by atoms with Crippen molar-refractivity contribution in [1.82, 2.24) is 14.7 Å². The summed E-state index contributed by atoms with van der Waals surface area (Å²) in [6, 6.07) is 5.03. The first kappa shape index (κ1) is 20.9. The molecule has 2 heterocycles. The molecule has 1 saturated carbocycles. The molecule has 1 aromatic heterocycles.